The SMILES string of the molecule is CCCc1nnsc1C(N)Cc1cccc2ccccc12. The van der Waals surface area contributed by atoms with Crippen molar-refractivity contribution in [2.24, 2.45) is 5.73 Å². The van der Waals surface area contributed by atoms with Crippen LogP contribution in [0.3, 0.4) is 0 Å². The van der Waals surface area contributed by atoms with E-state index >= 15 is 0 Å². The van der Waals surface area contributed by atoms with Gasteiger partial charge in [0, 0.05) is 6.04 Å². The second-order valence-corrected chi connectivity index (χ2v) is 6.07. The fourth-order valence-corrected chi connectivity index (χ4v) is 3.40. The Balaban J connectivity index is 1.89. The Morgan fingerprint density at radius 2 is 1.95 bits per heavy atom. The van der Waals surface area contributed by atoms with E-state index in [1.54, 1.807) is 0 Å². The molecule has 3 rings (SSSR count). The molecule has 2 N–H and O–H groups in total. The van der Waals surface area contributed by atoms with E-state index in [2.05, 4.69) is 59.0 Å². The Labute approximate surface area is 129 Å². The molecular formula is C17H19N3S. The zero-order valence-corrected chi connectivity index (χ0v) is 12.9. The van der Waals surface area contributed by atoms with Crippen molar-refractivity contribution in [1.29, 1.82) is 0 Å². The van der Waals surface area contributed by atoms with E-state index in [0.717, 1.165) is 29.8 Å². The molecule has 4 heteroatoms. The highest BCUT2D eigenvalue weighted by Gasteiger charge is 2.16. The number of nitrogens with two attached hydrogens (primary N) is 1. The van der Waals surface area contributed by atoms with Gasteiger partial charge in [-0.2, -0.15) is 0 Å². The quantitative estimate of drug-likeness (QED) is 0.777. The highest BCUT2D eigenvalue weighted by Crippen LogP contribution is 2.26. The van der Waals surface area contributed by atoms with E-state index in [1.807, 2.05) is 0 Å². The standard InChI is InChI=1S/C17H19N3S/c1-2-6-16-17(21-20-19-16)15(18)11-13-9-5-8-12-7-3-4-10-14(12)13/h3-5,7-10,15H,2,6,11,18H2,1H3. The molecule has 3 nitrogen and oxygen atoms in total. The van der Waals surface area contributed by atoms with E-state index in [1.165, 1.54) is 27.9 Å². The molecule has 1 atom stereocenters. The van der Waals surface area contributed by atoms with E-state index < -0.39 is 0 Å². The molecule has 108 valence electrons. The summed E-state index contributed by atoms with van der Waals surface area (Å²) in [6.07, 6.45) is 2.84. The van der Waals surface area contributed by atoms with Crippen LogP contribution in [0, 0.1) is 0 Å². The third-order valence-corrected chi connectivity index (χ3v) is 4.63. The molecule has 0 aliphatic carbocycles. The highest BCUT2D eigenvalue weighted by atomic mass is 32.1. The molecule has 0 amide bonds. The van der Waals surface area contributed by atoms with Crippen LogP contribution in [0.5, 0.6) is 0 Å². The largest absolute Gasteiger partial charge is 0.323 e. The lowest BCUT2D eigenvalue weighted by Crippen LogP contribution is -2.14. The molecule has 0 aliphatic heterocycles. The van der Waals surface area contributed by atoms with Crippen LogP contribution >= 0.6 is 11.5 Å². The summed E-state index contributed by atoms with van der Waals surface area (Å²) in [5.74, 6) is 0. The Morgan fingerprint density at radius 3 is 2.81 bits per heavy atom. The van der Waals surface area contributed by atoms with Gasteiger partial charge in [-0.25, -0.2) is 0 Å². The van der Waals surface area contributed by atoms with Crippen molar-refractivity contribution in [2.75, 3.05) is 0 Å². The van der Waals surface area contributed by atoms with Gasteiger partial charge >= 0.3 is 0 Å². The summed E-state index contributed by atoms with van der Waals surface area (Å²) in [7, 11) is 0. The molecule has 21 heavy (non-hydrogen) atoms. The van der Waals surface area contributed by atoms with Crippen molar-refractivity contribution < 1.29 is 0 Å². The lowest BCUT2D eigenvalue weighted by atomic mass is 9.97. The number of benzene rings is 2. The second kappa shape index (κ2) is 6.33. The topological polar surface area (TPSA) is 51.8 Å². The van der Waals surface area contributed by atoms with E-state index in [9.17, 15) is 0 Å². The summed E-state index contributed by atoms with van der Waals surface area (Å²) in [5, 5.41) is 6.76. The van der Waals surface area contributed by atoms with Gasteiger partial charge in [-0.3, -0.25) is 0 Å². The molecule has 0 bridgehead atoms. The number of hydrogen-bond donors (Lipinski definition) is 1. The maximum Gasteiger partial charge on any atom is 0.0803 e. The first kappa shape index (κ1) is 14.2. The van der Waals surface area contributed by atoms with Gasteiger partial charge in [0.2, 0.25) is 0 Å². The van der Waals surface area contributed by atoms with Crippen molar-refractivity contribution in [3.63, 3.8) is 0 Å². The summed E-state index contributed by atoms with van der Waals surface area (Å²) in [4.78, 5) is 1.13. The van der Waals surface area contributed by atoms with Crippen LogP contribution in [-0.2, 0) is 12.8 Å². The van der Waals surface area contributed by atoms with Crippen LogP contribution in [0.4, 0.5) is 0 Å². The van der Waals surface area contributed by atoms with E-state index in [0.29, 0.717) is 0 Å². The van der Waals surface area contributed by atoms with Gasteiger partial charge in [-0.1, -0.05) is 60.3 Å². The van der Waals surface area contributed by atoms with Gasteiger partial charge < -0.3 is 5.73 Å². The Bertz CT molecular complexity index is 730. The van der Waals surface area contributed by atoms with Gasteiger partial charge in [-0.15, -0.1) is 5.10 Å². The molecule has 0 aliphatic rings. The Morgan fingerprint density at radius 1 is 1.14 bits per heavy atom. The highest BCUT2D eigenvalue weighted by molar-refractivity contribution is 7.05. The van der Waals surface area contributed by atoms with Gasteiger partial charge in [-0.05, 0) is 40.7 Å². The first-order valence-corrected chi connectivity index (χ1v) is 8.10. The van der Waals surface area contributed by atoms with Crippen LogP contribution in [0.1, 0.15) is 35.5 Å². The van der Waals surface area contributed by atoms with Crippen LogP contribution in [0.15, 0.2) is 42.5 Å². The molecule has 1 unspecified atom stereocenters. The van der Waals surface area contributed by atoms with Crippen LogP contribution in [0.25, 0.3) is 10.8 Å². The number of fused-ring (bicyclic) bond motifs is 1. The summed E-state index contributed by atoms with van der Waals surface area (Å²) in [6.45, 7) is 2.15. The molecule has 0 radical (unpaired) electrons. The zero-order valence-electron chi connectivity index (χ0n) is 12.1. The maximum absolute atomic E-state index is 6.42. The van der Waals surface area contributed by atoms with Gasteiger partial charge in [0.05, 0.1) is 10.6 Å². The summed E-state index contributed by atoms with van der Waals surface area (Å²) in [6, 6.07) is 14.8. The molecule has 1 aromatic heterocycles. The molecule has 0 spiro atoms. The summed E-state index contributed by atoms with van der Waals surface area (Å²) in [5.41, 5.74) is 8.78. The number of aryl methyl sites for hydroxylation is 1. The fraction of sp³-hybridized carbons (Fsp3) is 0.294. The first-order valence-electron chi connectivity index (χ1n) is 7.33. The van der Waals surface area contributed by atoms with Crippen LogP contribution < -0.4 is 5.73 Å². The maximum atomic E-state index is 6.42. The van der Waals surface area contributed by atoms with Crippen molar-refractivity contribution in [2.45, 2.75) is 32.2 Å². The van der Waals surface area contributed by atoms with Gasteiger partial charge in [0.15, 0.2) is 0 Å². The normalized spacial score (nSPS) is 12.7. The Kier molecular flexibility index (Phi) is 4.27. The van der Waals surface area contributed by atoms with Gasteiger partial charge in [0.25, 0.3) is 0 Å². The monoisotopic (exact) mass is 297 g/mol. The summed E-state index contributed by atoms with van der Waals surface area (Å²) >= 11 is 1.44. The summed E-state index contributed by atoms with van der Waals surface area (Å²) < 4.78 is 4.08. The minimum Gasteiger partial charge on any atom is -0.323 e. The lowest BCUT2D eigenvalue weighted by Gasteiger charge is -2.13. The number of hydrogen-bond acceptors (Lipinski definition) is 4. The number of aromatic nitrogens is 2. The van der Waals surface area contributed by atoms with Crippen molar-refractivity contribution in [1.82, 2.24) is 9.59 Å². The smallest absolute Gasteiger partial charge is 0.0803 e. The minimum atomic E-state index is -0.0302. The lowest BCUT2D eigenvalue weighted by molar-refractivity contribution is 0.718. The third-order valence-electron chi connectivity index (χ3n) is 3.73. The van der Waals surface area contributed by atoms with E-state index in [-0.39, 0.29) is 6.04 Å². The molecule has 2 aromatic carbocycles. The predicted molar refractivity (Wildman–Crippen MR) is 88.5 cm³/mol. The average Bonchev–Trinajstić information content (AvgIpc) is 2.96. The first-order chi connectivity index (χ1) is 10.3. The number of nitrogens with zero attached hydrogens (tertiary/aromatic N) is 2. The molecular weight excluding hydrogens is 278 g/mol. The number of rotatable bonds is 5. The third kappa shape index (κ3) is 2.96. The fourth-order valence-electron chi connectivity index (χ4n) is 2.71. The van der Waals surface area contributed by atoms with E-state index in [4.69, 9.17) is 5.73 Å². The predicted octanol–water partition coefficient (Wildman–Crippen LogP) is 3.89. The molecule has 0 fully saturated rings. The average molecular weight is 297 g/mol. The Hall–Kier alpha value is -1.78. The van der Waals surface area contributed by atoms with Crippen molar-refractivity contribution in [3.05, 3.63) is 58.6 Å². The second-order valence-electron chi connectivity index (χ2n) is 5.28. The molecule has 3 aromatic rings. The zero-order chi connectivity index (χ0) is 14.7. The molecule has 1 heterocycles. The van der Waals surface area contributed by atoms with Gasteiger partial charge in [0.1, 0.15) is 0 Å². The molecule has 0 saturated carbocycles. The van der Waals surface area contributed by atoms with Crippen molar-refractivity contribution in [3.8, 4) is 0 Å². The minimum absolute atomic E-state index is 0.0302. The molecule has 0 saturated heterocycles. The van der Waals surface area contributed by atoms with Crippen molar-refractivity contribution >= 4 is 22.3 Å². The van der Waals surface area contributed by atoms with Crippen LogP contribution in [0.2, 0.25) is 0 Å². The van der Waals surface area contributed by atoms with Crippen LogP contribution in [-0.4, -0.2) is 9.59 Å².